The molecule has 3 heteroatoms. The van der Waals surface area contributed by atoms with Crippen LogP contribution in [0.5, 0.6) is 0 Å². The van der Waals surface area contributed by atoms with Crippen LogP contribution in [0.4, 0.5) is 0 Å². The van der Waals surface area contributed by atoms with Crippen LogP contribution < -0.4 is 0 Å². The molecule has 0 bridgehead atoms. The number of Topliss-reactive ketones (excluding diaryl/α,β-unsaturated/α-hetero) is 1. The van der Waals surface area contributed by atoms with Gasteiger partial charge in [0.05, 0.1) is 0 Å². The maximum absolute atomic E-state index is 12.4. The van der Waals surface area contributed by atoms with E-state index in [1.807, 2.05) is 0 Å². The molecule has 0 aromatic rings. The van der Waals surface area contributed by atoms with E-state index < -0.39 is 8.32 Å². The topological polar surface area (TPSA) is 26.3 Å². The van der Waals surface area contributed by atoms with Gasteiger partial charge in [0.1, 0.15) is 0 Å². The maximum atomic E-state index is 12.4. The third kappa shape index (κ3) is 3.52. The van der Waals surface area contributed by atoms with Crippen molar-refractivity contribution in [1.82, 2.24) is 0 Å². The van der Waals surface area contributed by atoms with E-state index in [1.54, 1.807) is 12.5 Å². The van der Waals surface area contributed by atoms with Crippen molar-refractivity contribution >= 4 is 14.1 Å². The largest absolute Gasteiger partial charge is 0.414 e. The summed E-state index contributed by atoms with van der Waals surface area (Å²) in [6, 6.07) is 0. The third-order valence-corrected chi connectivity index (χ3v) is 14.4. The lowest BCUT2D eigenvalue weighted by molar-refractivity contribution is -0.115. The highest BCUT2D eigenvalue weighted by Crippen LogP contribution is 2.63. The third-order valence-electron chi connectivity index (χ3n) is 9.91. The Hall–Kier alpha value is -0.673. The summed E-state index contributed by atoms with van der Waals surface area (Å²) in [6.45, 7) is 18.4. The normalized spacial score (nSPS) is 41.3. The first-order valence-electron chi connectivity index (χ1n) is 12.4. The minimum Gasteiger partial charge on any atom is -0.414 e. The Morgan fingerprint density at radius 2 is 1.87 bits per heavy atom. The fraction of sp³-hybridized carbons (Fsp3) is 0.815. The fourth-order valence-electron chi connectivity index (χ4n) is 7.54. The number of carbonyl (C=O) groups excluding carboxylic acids is 1. The summed E-state index contributed by atoms with van der Waals surface area (Å²) in [5, 5.41) is 0.281. The van der Waals surface area contributed by atoms with Crippen LogP contribution in [0.3, 0.4) is 0 Å². The molecule has 0 spiro atoms. The molecule has 0 N–H and O–H groups in total. The number of ketones is 1. The second-order valence-electron chi connectivity index (χ2n) is 12.7. The minimum atomic E-state index is -1.70. The van der Waals surface area contributed by atoms with E-state index in [2.05, 4.69) is 59.9 Å². The molecule has 4 aliphatic rings. The Morgan fingerprint density at radius 3 is 2.50 bits per heavy atom. The number of hydrogen-bond donors (Lipinski definition) is 0. The molecule has 0 aromatic heterocycles. The van der Waals surface area contributed by atoms with Crippen molar-refractivity contribution in [3.8, 4) is 0 Å². The second kappa shape index (κ2) is 7.44. The van der Waals surface area contributed by atoms with E-state index in [4.69, 9.17) is 4.43 Å². The molecule has 0 saturated heterocycles. The summed E-state index contributed by atoms with van der Waals surface area (Å²) in [5.74, 6) is 3.82. The van der Waals surface area contributed by atoms with E-state index in [1.165, 1.54) is 32.1 Å². The van der Waals surface area contributed by atoms with Gasteiger partial charge >= 0.3 is 0 Å². The van der Waals surface area contributed by atoms with Gasteiger partial charge in [-0.2, -0.15) is 0 Å². The first kappa shape index (κ1) is 22.5. The van der Waals surface area contributed by atoms with Crippen molar-refractivity contribution in [3.63, 3.8) is 0 Å². The Kier molecular flexibility index (Phi) is 5.58. The Labute approximate surface area is 186 Å². The Balaban J connectivity index is 1.51. The molecule has 0 aromatic carbocycles. The Morgan fingerprint density at radius 1 is 1.17 bits per heavy atom. The van der Waals surface area contributed by atoms with Crippen molar-refractivity contribution in [1.29, 1.82) is 0 Å². The first-order valence-corrected chi connectivity index (χ1v) is 15.4. The summed E-state index contributed by atoms with van der Waals surface area (Å²) in [5.41, 5.74) is 2.96. The maximum Gasteiger partial charge on any atom is 0.192 e. The van der Waals surface area contributed by atoms with Crippen molar-refractivity contribution in [2.24, 2.45) is 35.0 Å². The van der Waals surface area contributed by atoms with Gasteiger partial charge in [-0.05, 0) is 104 Å². The van der Waals surface area contributed by atoms with E-state index in [0.717, 1.165) is 29.7 Å². The van der Waals surface area contributed by atoms with Crippen molar-refractivity contribution in [3.05, 3.63) is 23.3 Å². The van der Waals surface area contributed by atoms with Crippen molar-refractivity contribution in [2.75, 3.05) is 0 Å². The summed E-state index contributed by atoms with van der Waals surface area (Å²) < 4.78 is 6.82. The van der Waals surface area contributed by atoms with E-state index in [0.29, 0.717) is 23.7 Å². The minimum absolute atomic E-state index is 0.112. The summed E-state index contributed by atoms with van der Waals surface area (Å²) in [4.78, 5) is 12.4. The molecule has 2 fully saturated rings. The molecule has 0 radical (unpaired) electrons. The van der Waals surface area contributed by atoms with E-state index >= 15 is 0 Å². The average molecular weight is 429 g/mol. The molecule has 30 heavy (non-hydrogen) atoms. The highest BCUT2D eigenvalue weighted by molar-refractivity contribution is 6.74. The number of allylic oxidation sites excluding steroid dienone is 3. The van der Waals surface area contributed by atoms with Crippen LogP contribution >= 0.6 is 0 Å². The highest BCUT2D eigenvalue weighted by atomic mass is 28.4. The lowest BCUT2D eigenvalue weighted by atomic mass is 9.50. The number of fused-ring (bicyclic) bond motifs is 5. The van der Waals surface area contributed by atoms with E-state index in [-0.39, 0.29) is 10.5 Å². The number of rotatable bonds is 3. The molecule has 5 unspecified atom stereocenters. The van der Waals surface area contributed by atoms with Gasteiger partial charge in [0.25, 0.3) is 0 Å². The summed E-state index contributed by atoms with van der Waals surface area (Å²) in [6.07, 6.45) is 12.8. The Bertz CT molecular complexity index is 770. The molecule has 168 valence electrons. The average Bonchev–Trinajstić information content (AvgIpc) is 2.91. The highest BCUT2D eigenvalue weighted by Gasteiger charge is 2.56. The van der Waals surface area contributed by atoms with Crippen molar-refractivity contribution in [2.45, 2.75) is 104 Å². The van der Waals surface area contributed by atoms with Crippen LogP contribution in [0.15, 0.2) is 23.3 Å². The molecular weight excluding hydrogens is 384 g/mol. The van der Waals surface area contributed by atoms with Gasteiger partial charge in [0.2, 0.25) is 0 Å². The van der Waals surface area contributed by atoms with Gasteiger partial charge in [0, 0.05) is 6.10 Å². The zero-order chi connectivity index (χ0) is 22.1. The summed E-state index contributed by atoms with van der Waals surface area (Å²) >= 11 is 0. The molecule has 2 nitrogen and oxygen atoms in total. The first-order chi connectivity index (χ1) is 13.8. The second-order valence-corrected chi connectivity index (χ2v) is 17.5. The monoisotopic (exact) mass is 428 g/mol. The number of carbonyl (C=O) groups is 1. The molecule has 7 atom stereocenters. The van der Waals surface area contributed by atoms with Crippen LogP contribution in [0.2, 0.25) is 18.1 Å². The molecule has 2 saturated carbocycles. The quantitative estimate of drug-likeness (QED) is 0.347. The van der Waals surface area contributed by atoms with Gasteiger partial charge in [-0.15, -0.1) is 0 Å². The van der Waals surface area contributed by atoms with Crippen LogP contribution in [0, 0.1) is 35.0 Å². The molecular formula is C27H44O2Si. The molecule has 0 heterocycles. The molecule has 4 aliphatic carbocycles. The fourth-order valence-corrected chi connectivity index (χ4v) is 8.93. The van der Waals surface area contributed by atoms with Gasteiger partial charge < -0.3 is 4.43 Å². The van der Waals surface area contributed by atoms with Crippen LogP contribution in [0.1, 0.15) is 80.1 Å². The van der Waals surface area contributed by atoms with Crippen molar-refractivity contribution < 1.29 is 9.22 Å². The van der Waals surface area contributed by atoms with Crippen LogP contribution in [0.25, 0.3) is 0 Å². The molecule has 0 aliphatic heterocycles. The van der Waals surface area contributed by atoms with Gasteiger partial charge in [-0.3, -0.25) is 4.79 Å². The summed E-state index contributed by atoms with van der Waals surface area (Å²) in [7, 11) is -1.70. The molecule has 4 rings (SSSR count). The lowest BCUT2D eigenvalue weighted by Crippen LogP contribution is -2.49. The van der Waals surface area contributed by atoms with Gasteiger partial charge in [-0.1, -0.05) is 52.3 Å². The zero-order valence-electron chi connectivity index (χ0n) is 20.7. The smallest absolute Gasteiger partial charge is 0.192 e. The van der Waals surface area contributed by atoms with Crippen LogP contribution in [-0.2, 0) is 9.22 Å². The predicted molar refractivity (Wildman–Crippen MR) is 128 cm³/mol. The SMILES string of the molecule is CC(=O)C1=CC(C)C2C3CC=C4C[C@@H](O[Si](C)(C)C(C)(C)C)CCC4C3CC[C@]12C. The van der Waals surface area contributed by atoms with Gasteiger partial charge in [-0.25, -0.2) is 0 Å². The standard InChI is InChI=1S/C27H44O2Si/c1-17-15-24(18(2)28)27(6)14-13-22-21-12-10-20(29-30(7,8)26(3,4)5)16-19(21)9-11-23(22)25(17)27/h9,15,17,20-23,25H,10-14,16H2,1-8H3/t17?,20-,21?,22?,23?,25?,27+/m0/s1. The van der Waals surface area contributed by atoms with Gasteiger partial charge in [0.15, 0.2) is 14.1 Å². The predicted octanol–water partition coefficient (Wildman–Crippen LogP) is 7.32. The molecule has 0 amide bonds. The lowest BCUT2D eigenvalue weighted by Gasteiger charge is -2.54. The zero-order valence-corrected chi connectivity index (χ0v) is 21.7. The number of hydrogen-bond acceptors (Lipinski definition) is 2. The van der Waals surface area contributed by atoms with Crippen LogP contribution in [-0.4, -0.2) is 20.2 Å². The van der Waals surface area contributed by atoms with E-state index in [9.17, 15) is 4.79 Å².